The highest BCUT2D eigenvalue weighted by Gasteiger charge is 2.32. The summed E-state index contributed by atoms with van der Waals surface area (Å²) in [6, 6.07) is 18.4. The van der Waals surface area contributed by atoms with Crippen molar-refractivity contribution in [2.45, 2.75) is 19.5 Å². The van der Waals surface area contributed by atoms with Crippen molar-refractivity contribution in [2.24, 2.45) is 11.8 Å². The van der Waals surface area contributed by atoms with E-state index >= 15 is 0 Å². The first kappa shape index (κ1) is 22.8. The lowest BCUT2D eigenvalue weighted by Gasteiger charge is -2.40. The van der Waals surface area contributed by atoms with E-state index in [9.17, 15) is 4.79 Å². The molecule has 0 aromatic heterocycles. The molecule has 1 N–H and O–H groups in total. The van der Waals surface area contributed by atoms with E-state index in [0.29, 0.717) is 12.5 Å². The molecule has 172 valence electrons. The van der Waals surface area contributed by atoms with Crippen molar-refractivity contribution in [1.82, 2.24) is 15.1 Å². The van der Waals surface area contributed by atoms with Gasteiger partial charge in [-0.05, 0) is 35.6 Å². The van der Waals surface area contributed by atoms with Crippen LogP contribution >= 0.6 is 0 Å². The molecule has 0 aliphatic carbocycles. The molecule has 0 saturated carbocycles. The summed E-state index contributed by atoms with van der Waals surface area (Å²) < 4.78 is 10.7. The van der Waals surface area contributed by atoms with E-state index in [0.717, 1.165) is 70.2 Å². The van der Waals surface area contributed by atoms with Gasteiger partial charge in [0.05, 0.1) is 26.2 Å². The molecule has 0 spiro atoms. The number of hydrogen-bond donors (Lipinski definition) is 1. The molecule has 2 heterocycles. The summed E-state index contributed by atoms with van der Waals surface area (Å²) >= 11 is 0. The van der Waals surface area contributed by atoms with Crippen LogP contribution in [0.25, 0.3) is 0 Å². The van der Waals surface area contributed by atoms with Gasteiger partial charge in [0.15, 0.2) is 0 Å². The fraction of sp³-hybridized carbons (Fsp3) is 0.500. The van der Waals surface area contributed by atoms with E-state index in [4.69, 9.17) is 9.47 Å². The molecular weight excluding hydrogens is 402 g/mol. The molecule has 2 aliphatic rings. The van der Waals surface area contributed by atoms with Crippen LogP contribution in [-0.4, -0.2) is 68.8 Å². The van der Waals surface area contributed by atoms with E-state index in [2.05, 4.69) is 45.4 Å². The number of morpholine rings is 1. The van der Waals surface area contributed by atoms with Gasteiger partial charge in [0, 0.05) is 45.8 Å². The van der Waals surface area contributed by atoms with E-state index in [1.165, 1.54) is 5.56 Å². The summed E-state index contributed by atoms with van der Waals surface area (Å²) in [6.45, 7) is 7.93. The zero-order chi connectivity index (χ0) is 22.2. The standard InChI is InChI=1S/C26H35N3O3/c1-31-25-9-7-21(8-10-25)16-27-26(30)24-15-23(18-28-11-13-32-14-12-28)19-29(20-24)17-22-5-3-2-4-6-22/h2-10,23-24H,11-20H2,1H3,(H,27,30)/t23-,24-/m1/s1. The highest BCUT2D eigenvalue weighted by Crippen LogP contribution is 2.25. The minimum absolute atomic E-state index is 0.0109. The fourth-order valence-corrected chi connectivity index (χ4v) is 4.82. The fourth-order valence-electron chi connectivity index (χ4n) is 4.82. The number of hydrogen-bond acceptors (Lipinski definition) is 5. The van der Waals surface area contributed by atoms with Crippen LogP contribution in [-0.2, 0) is 22.6 Å². The second kappa shape index (κ2) is 11.5. The zero-order valence-electron chi connectivity index (χ0n) is 19.0. The molecule has 0 radical (unpaired) electrons. The molecule has 4 rings (SSSR count). The van der Waals surface area contributed by atoms with E-state index in [1.54, 1.807) is 7.11 Å². The van der Waals surface area contributed by atoms with Crippen LogP contribution in [0.5, 0.6) is 5.75 Å². The first-order valence-electron chi connectivity index (χ1n) is 11.7. The number of methoxy groups -OCH3 is 1. The Hall–Kier alpha value is -2.41. The molecular formula is C26H35N3O3. The average molecular weight is 438 g/mol. The average Bonchev–Trinajstić information content (AvgIpc) is 2.84. The zero-order valence-corrected chi connectivity index (χ0v) is 19.0. The van der Waals surface area contributed by atoms with Gasteiger partial charge >= 0.3 is 0 Å². The van der Waals surface area contributed by atoms with Gasteiger partial charge in [-0.25, -0.2) is 0 Å². The van der Waals surface area contributed by atoms with Crippen molar-refractivity contribution < 1.29 is 14.3 Å². The third kappa shape index (κ3) is 6.55. The maximum atomic E-state index is 13.1. The molecule has 6 heteroatoms. The summed E-state index contributed by atoms with van der Waals surface area (Å²) in [5, 5.41) is 3.17. The number of amides is 1. The summed E-state index contributed by atoms with van der Waals surface area (Å²) in [5.41, 5.74) is 2.39. The monoisotopic (exact) mass is 437 g/mol. The Kier molecular flexibility index (Phi) is 8.15. The number of benzene rings is 2. The van der Waals surface area contributed by atoms with E-state index < -0.39 is 0 Å². The number of nitrogens with one attached hydrogen (secondary N) is 1. The lowest BCUT2D eigenvalue weighted by molar-refractivity contribution is -0.128. The minimum atomic E-state index is 0.0109. The normalized spacial score (nSPS) is 22.4. The van der Waals surface area contributed by atoms with Crippen LogP contribution in [0.3, 0.4) is 0 Å². The predicted molar refractivity (Wildman–Crippen MR) is 125 cm³/mol. The highest BCUT2D eigenvalue weighted by atomic mass is 16.5. The smallest absolute Gasteiger partial charge is 0.224 e. The van der Waals surface area contributed by atoms with Crippen molar-refractivity contribution >= 4 is 5.91 Å². The third-order valence-corrected chi connectivity index (χ3v) is 6.48. The Balaban J connectivity index is 1.37. The van der Waals surface area contributed by atoms with Crippen molar-refractivity contribution in [3.63, 3.8) is 0 Å². The lowest BCUT2D eigenvalue weighted by Crippen LogP contribution is -2.49. The van der Waals surface area contributed by atoms with Crippen LogP contribution in [0.15, 0.2) is 54.6 Å². The minimum Gasteiger partial charge on any atom is -0.497 e. The molecule has 32 heavy (non-hydrogen) atoms. The number of piperidine rings is 1. The maximum Gasteiger partial charge on any atom is 0.224 e. The third-order valence-electron chi connectivity index (χ3n) is 6.48. The van der Waals surface area contributed by atoms with Gasteiger partial charge in [0.1, 0.15) is 5.75 Å². The topological polar surface area (TPSA) is 54.0 Å². The largest absolute Gasteiger partial charge is 0.497 e. The first-order chi connectivity index (χ1) is 15.7. The summed E-state index contributed by atoms with van der Waals surface area (Å²) in [6.07, 6.45) is 0.942. The quantitative estimate of drug-likeness (QED) is 0.688. The maximum absolute atomic E-state index is 13.1. The number of rotatable bonds is 8. The number of carbonyl (C=O) groups is 1. The summed E-state index contributed by atoms with van der Waals surface area (Å²) in [4.78, 5) is 18.1. The highest BCUT2D eigenvalue weighted by molar-refractivity contribution is 5.79. The van der Waals surface area contributed by atoms with Crippen LogP contribution < -0.4 is 10.1 Å². The molecule has 0 unspecified atom stereocenters. The summed E-state index contributed by atoms with van der Waals surface area (Å²) in [7, 11) is 1.66. The van der Waals surface area contributed by atoms with E-state index in [1.807, 2.05) is 24.3 Å². The molecule has 2 aromatic rings. The van der Waals surface area contributed by atoms with Crippen LogP contribution in [0.1, 0.15) is 17.5 Å². The van der Waals surface area contributed by atoms with Crippen LogP contribution in [0, 0.1) is 11.8 Å². The van der Waals surface area contributed by atoms with E-state index in [-0.39, 0.29) is 11.8 Å². The second-order valence-corrected chi connectivity index (χ2v) is 8.96. The molecule has 0 bridgehead atoms. The number of carbonyl (C=O) groups excluding carboxylic acids is 1. The van der Waals surface area contributed by atoms with Gasteiger partial charge in [-0.15, -0.1) is 0 Å². The van der Waals surface area contributed by atoms with Gasteiger partial charge in [0.2, 0.25) is 5.91 Å². The van der Waals surface area contributed by atoms with Crippen LogP contribution in [0.2, 0.25) is 0 Å². The Morgan fingerprint density at radius 1 is 1.00 bits per heavy atom. The van der Waals surface area contributed by atoms with Crippen molar-refractivity contribution in [2.75, 3.05) is 53.0 Å². The van der Waals surface area contributed by atoms with Gasteiger partial charge in [0.25, 0.3) is 0 Å². The molecule has 2 saturated heterocycles. The molecule has 2 aromatic carbocycles. The SMILES string of the molecule is COc1ccc(CNC(=O)[C@@H]2C[C@H](CN3CCOCC3)CN(Cc3ccccc3)C2)cc1. The second-order valence-electron chi connectivity index (χ2n) is 8.96. The Morgan fingerprint density at radius 3 is 2.47 bits per heavy atom. The number of ether oxygens (including phenoxy) is 2. The van der Waals surface area contributed by atoms with Crippen molar-refractivity contribution in [1.29, 1.82) is 0 Å². The van der Waals surface area contributed by atoms with Gasteiger partial charge in [-0.2, -0.15) is 0 Å². The molecule has 6 nitrogen and oxygen atoms in total. The summed E-state index contributed by atoms with van der Waals surface area (Å²) in [5.74, 6) is 1.49. The van der Waals surface area contributed by atoms with Crippen LogP contribution in [0.4, 0.5) is 0 Å². The number of likely N-dealkylation sites (tertiary alicyclic amines) is 1. The number of nitrogens with zero attached hydrogens (tertiary/aromatic N) is 2. The molecule has 1 amide bonds. The molecule has 2 fully saturated rings. The predicted octanol–water partition coefficient (Wildman–Crippen LogP) is 2.78. The Labute approximate surface area is 191 Å². The van der Waals surface area contributed by atoms with Crippen molar-refractivity contribution in [3.05, 3.63) is 65.7 Å². The molecule has 2 aliphatic heterocycles. The van der Waals surface area contributed by atoms with Gasteiger partial charge < -0.3 is 14.8 Å². The Morgan fingerprint density at radius 2 is 1.75 bits per heavy atom. The van der Waals surface area contributed by atoms with Gasteiger partial charge in [-0.3, -0.25) is 14.6 Å². The first-order valence-corrected chi connectivity index (χ1v) is 11.7. The molecule has 2 atom stereocenters. The Bertz CT molecular complexity index is 837. The van der Waals surface area contributed by atoms with Gasteiger partial charge in [-0.1, -0.05) is 42.5 Å². The lowest BCUT2D eigenvalue weighted by atomic mass is 9.87. The van der Waals surface area contributed by atoms with Crippen molar-refractivity contribution in [3.8, 4) is 5.75 Å².